The molecule has 23 heavy (non-hydrogen) atoms. The predicted octanol–water partition coefficient (Wildman–Crippen LogP) is 4.66. The van der Waals surface area contributed by atoms with Crippen LogP contribution in [0.2, 0.25) is 5.02 Å². The highest BCUT2D eigenvalue weighted by Crippen LogP contribution is 2.39. The van der Waals surface area contributed by atoms with Gasteiger partial charge >= 0.3 is 5.63 Å². The van der Waals surface area contributed by atoms with Crippen molar-refractivity contribution in [3.8, 4) is 0 Å². The number of rotatable bonds is 1. The van der Waals surface area contributed by atoms with Crippen molar-refractivity contribution in [3.63, 3.8) is 0 Å². The monoisotopic (exact) mass is 351 g/mol. The van der Waals surface area contributed by atoms with E-state index in [-0.39, 0.29) is 10.9 Å². The van der Waals surface area contributed by atoms with Crippen LogP contribution in [0.3, 0.4) is 0 Å². The first-order valence-corrected chi connectivity index (χ1v) is 8.76. The van der Waals surface area contributed by atoms with Crippen molar-refractivity contribution in [3.05, 3.63) is 38.7 Å². The zero-order chi connectivity index (χ0) is 16.7. The van der Waals surface area contributed by atoms with Gasteiger partial charge in [-0.3, -0.25) is 4.79 Å². The molecule has 2 aromatic rings. The number of hydrogen-bond donors (Lipinski definition) is 0. The van der Waals surface area contributed by atoms with E-state index in [0.29, 0.717) is 21.4 Å². The first kappa shape index (κ1) is 16.4. The highest BCUT2D eigenvalue weighted by atomic mass is 35.5. The van der Waals surface area contributed by atoms with Crippen molar-refractivity contribution in [1.82, 2.24) is 4.90 Å². The van der Waals surface area contributed by atoms with E-state index in [1.54, 1.807) is 20.2 Å². The van der Waals surface area contributed by atoms with Crippen molar-refractivity contribution in [1.29, 1.82) is 0 Å². The molecule has 0 aliphatic heterocycles. The molecule has 0 N–H and O–H groups in total. The van der Waals surface area contributed by atoms with Gasteiger partial charge in [0.1, 0.15) is 5.58 Å². The standard InChI is InChI=1S/C17H18ClNO3S/c1-9-5-4-6-10-15(9)11-7-12(18)14(23-17(21)19(2)3)8-13(11)22-16(10)20/h7-9H,4-6H2,1-3H3. The van der Waals surface area contributed by atoms with Gasteiger partial charge in [-0.05, 0) is 54.6 Å². The molecule has 1 aliphatic carbocycles. The summed E-state index contributed by atoms with van der Waals surface area (Å²) in [7, 11) is 3.37. The first-order chi connectivity index (χ1) is 10.9. The molecule has 1 aliphatic rings. The summed E-state index contributed by atoms with van der Waals surface area (Å²) >= 11 is 7.40. The maximum absolute atomic E-state index is 12.3. The molecule has 0 bridgehead atoms. The van der Waals surface area contributed by atoms with Crippen LogP contribution >= 0.6 is 23.4 Å². The van der Waals surface area contributed by atoms with E-state index in [9.17, 15) is 9.59 Å². The molecule has 1 aromatic carbocycles. The second-order valence-electron chi connectivity index (χ2n) is 6.12. The number of fused-ring (bicyclic) bond motifs is 3. The Morgan fingerprint density at radius 3 is 2.83 bits per heavy atom. The lowest BCUT2D eigenvalue weighted by molar-refractivity contribution is 0.241. The van der Waals surface area contributed by atoms with Gasteiger partial charge in [0.05, 0.1) is 5.02 Å². The summed E-state index contributed by atoms with van der Waals surface area (Å²) < 4.78 is 5.49. The minimum Gasteiger partial charge on any atom is -0.422 e. The smallest absolute Gasteiger partial charge is 0.339 e. The average molecular weight is 352 g/mol. The topological polar surface area (TPSA) is 50.5 Å². The Morgan fingerprint density at radius 2 is 2.13 bits per heavy atom. The summed E-state index contributed by atoms with van der Waals surface area (Å²) in [5, 5.41) is 1.27. The molecule has 3 rings (SSSR count). The minimum absolute atomic E-state index is 0.125. The van der Waals surface area contributed by atoms with Gasteiger partial charge in [0.25, 0.3) is 5.24 Å². The SMILES string of the molecule is CC1CCCc2c1c1cc(Cl)c(SC(=O)N(C)C)cc1oc2=O. The summed E-state index contributed by atoms with van der Waals surface area (Å²) in [6, 6.07) is 3.53. The Kier molecular flexibility index (Phi) is 4.43. The van der Waals surface area contributed by atoms with Gasteiger partial charge in [0, 0.05) is 29.9 Å². The molecule has 0 radical (unpaired) electrons. The van der Waals surface area contributed by atoms with Crippen molar-refractivity contribution in [2.24, 2.45) is 0 Å². The van der Waals surface area contributed by atoms with E-state index in [1.165, 1.54) is 4.90 Å². The van der Waals surface area contributed by atoms with Gasteiger partial charge in [-0.15, -0.1) is 0 Å². The lowest BCUT2D eigenvalue weighted by Crippen LogP contribution is -2.18. The van der Waals surface area contributed by atoms with Crippen molar-refractivity contribution >= 4 is 39.6 Å². The number of amides is 1. The van der Waals surface area contributed by atoms with Gasteiger partial charge in [-0.25, -0.2) is 4.79 Å². The molecular formula is C17H18ClNO3S. The van der Waals surface area contributed by atoms with E-state index in [1.807, 2.05) is 6.07 Å². The molecule has 122 valence electrons. The maximum Gasteiger partial charge on any atom is 0.339 e. The highest BCUT2D eigenvalue weighted by Gasteiger charge is 2.24. The van der Waals surface area contributed by atoms with E-state index in [0.717, 1.165) is 47.5 Å². The summed E-state index contributed by atoms with van der Waals surface area (Å²) in [6.45, 7) is 2.13. The molecular weight excluding hydrogens is 334 g/mol. The molecule has 1 amide bonds. The summed E-state index contributed by atoms with van der Waals surface area (Å²) in [5.41, 5.74) is 2.06. The Morgan fingerprint density at radius 1 is 1.39 bits per heavy atom. The molecule has 0 saturated heterocycles. The number of carbonyl (C=O) groups is 1. The molecule has 1 atom stereocenters. The normalized spacial score (nSPS) is 17.1. The molecule has 1 heterocycles. The molecule has 1 aromatic heterocycles. The number of halogens is 1. The number of carbonyl (C=O) groups excluding carboxylic acids is 1. The number of hydrogen-bond acceptors (Lipinski definition) is 4. The second kappa shape index (κ2) is 6.21. The van der Waals surface area contributed by atoms with E-state index < -0.39 is 0 Å². The maximum atomic E-state index is 12.3. The third kappa shape index (κ3) is 3.00. The summed E-state index contributed by atoms with van der Waals surface area (Å²) in [4.78, 5) is 26.2. The largest absolute Gasteiger partial charge is 0.422 e. The molecule has 6 heteroatoms. The van der Waals surface area contributed by atoms with Gasteiger partial charge in [-0.2, -0.15) is 0 Å². The Labute approximate surface area is 143 Å². The predicted molar refractivity (Wildman–Crippen MR) is 93.8 cm³/mol. The van der Waals surface area contributed by atoms with Gasteiger partial charge in [0.15, 0.2) is 0 Å². The van der Waals surface area contributed by atoms with Crippen LogP contribution in [0.1, 0.15) is 36.8 Å². The summed E-state index contributed by atoms with van der Waals surface area (Å²) in [5.74, 6) is 0.309. The van der Waals surface area contributed by atoms with Crippen LogP contribution in [0, 0.1) is 0 Å². The van der Waals surface area contributed by atoms with Crippen LogP contribution in [-0.2, 0) is 6.42 Å². The molecule has 0 fully saturated rings. The fourth-order valence-electron chi connectivity index (χ4n) is 3.06. The highest BCUT2D eigenvalue weighted by molar-refractivity contribution is 8.13. The lowest BCUT2D eigenvalue weighted by Gasteiger charge is -2.23. The molecule has 1 unspecified atom stereocenters. The quantitative estimate of drug-likeness (QED) is 0.554. The third-order valence-corrected chi connectivity index (χ3v) is 5.74. The Bertz CT molecular complexity index is 844. The van der Waals surface area contributed by atoms with Crippen LogP contribution in [0.5, 0.6) is 0 Å². The van der Waals surface area contributed by atoms with E-state index in [4.69, 9.17) is 16.0 Å². The van der Waals surface area contributed by atoms with Crippen LogP contribution in [0.4, 0.5) is 4.79 Å². The van der Waals surface area contributed by atoms with E-state index in [2.05, 4.69) is 6.92 Å². The Balaban J connectivity index is 2.18. The van der Waals surface area contributed by atoms with Gasteiger partial charge in [-0.1, -0.05) is 18.5 Å². The summed E-state index contributed by atoms with van der Waals surface area (Å²) in [6.07, 6.45) is 2.81. The van der Waals surface area contributed by atoms with Crippen LogP contribution in [0.15, 0.2) is 26.2 Å². The first-order valence-electron chi connectivity index (χ1n) is 7.56. The fraction of sp³-hybridized carbons (Fsp3) is 0.412. The second-order valence-corrected chi connectivity index (χ2v) is 7.52. The number of nitrogens with zero attached hydrogens (tertiary/aromatic N) is 1. The van der Waals surface area contributed by atoms with Crippen molar-refractivity contribution in [2.75, 3.05) is 14.1 Å². The van der Waals surface area contributed by atoms with E-state index >= 15 is 0 Å². The van der Waals surface area contributed by atoms with Crippen LogP contribution < -0.4 is 5.63 Å². The zero-order valence-electron chi connectivity index (χ0n) is 13.3. The minimum atomic E-state index is -0.267. The lowest BCUT2D eigenvalue weighted by atomic mass is 9.83. The fourth-order valence-corrected chi connectivity index (χ4v) is 4.03. The number of thioether (sulfide) groups is 1. The van der Waals surface area contributed by atoms with Crippen LogP contribution in [0.25, 0.3) is 11.0 Å². The van der Waals surface area contributed by atoms with Gasteiger partial charge in [0.2, 0.25) is 0 Å². The van der Waals surface area contributed by atoms with Crippen molar-refractivity contribution in [2.45, 2.75) is 37.0 Å². The van der Waals surface area contributed by atoms with Gasteiger partial charge < -0.3 is 9.32 Å². The van der Waals surface area contributed by atoms with Crippen LogP contribution in [-0.4, -0.2) is 24.2 Å². The Hall–Kier alpha value is -1.46. The molecule has 0 saturated carbocycles. The molecule has 0 spiro atoms. The third-order valence-electron chi connectivity index (χ3n) is 4.22. The average Bonchev–Trinajstić information content (AvgIpc) is 2.49. The zero-order valence-corrected chi connectivity index (χ0v) is 14.9. The van der Waals surface area contributed by atoms with Crippen molar-refractivity contribution < 1.29 is 9.21 Å². The molecule has 4 nitrogen and oxygen atoms in total. The number of benzene rings is 1.